The topological polar surface area (TPSA) is 3.24 Å². The molecule has 0 N–H and O–H groups in total. The minimum atomic E-state index is -0.160. The van der Waals surface area contributed by atoms with Crippen LogP contribution < -0.4 is 0 Å². The van der Waals surface area contributed by atoms with Crippen LogP contribution in [-0.4, -0.2) is 17.0 Å². The highest BCUT2D eigenvalue weighted by Crippen LogP contribution is 2.25. The van der Waals surface area contributed by atoms with Crippen molar-refractivity contribution in [1.29, 1.82) is 0 Å². The molecule has 0 bridgehead atoms. The van der Waals surface area contributed by atoms with E-state index in [0.717, 1.165) is 16.6 Å². The van der Waals surface area contributed by atoms with Crippen molar-refractivity contribution in [1.82, 2.24) is 4.90 Å². The number of halogens is 2. The Kier molecular flexibility index (Phi) is 4.21. The summed E-state index contributed by atoms with van der Waals surface area (Å²) in [6.07, 6.45) is 3.81. The second-order valence-electron chi connectivity index (χ2n) is 5.08. The maximum Gasteiger partial charge on any atom is 0.124 e. The van der Waals surface area contributed by atoms with E-state index in [1.165, 1.54) is 25.3 Å². The maximum atomic E-state index is 13.3. The van der Waals surface area contributed by atoms with E-state index in [9.17, 15) is 4.39 Å². The Morgan fingerprint density at radius 2 is 1.88 bits per heavy atom. The number of piperidine rings is 1. The molecule has 1 heterocycles. The van der Waals surface area contributed by atoms with Crippen molar-refractivity contribution in [3.63, 3.8) is 0 Å². The summed E-state index contributed by atoms with van der Waals surface area (Å²) in [5, 5.41) is 0. The predicted molar refractivity (Wildman–Crippen MR) is 72.4 cm³/mol. The minimum absolute atomic E-state index is 0.160. The van der Waals surface area contributed by atoms with Gasteiger partial charge in [-0.2, -0.15) is 0 Å². The molecule has 1 fully saturated rings. The second-order valence-corrected chi connectivity index (χ2v) is 5.99. The van der Waals surface area contributed by atoms with Crippen LogP contribution in [-0.2, 0) is 6.54 Å². The fourth-order valence-corrected chi connectivity index (χ4v) is 3.21. The monoisotopic (exact) mass is 299 g/mol. The van der Waals surface area contributed by atoms with Crippen LogP contribution in [0, 0.1) is 5.82 Å². The maximum absolute atomic E-state index is 13.3. The number of benzene rings is 1. The first kappa shape index (κ1) is 13.0. The summed E-state index contributed by atoms with van der Waals surface area (Å²) >= 11 is 3.35. The SMILES string of the molecule is CC1CCCC(C)N1Cc1cc(F)cc(Br)c1. The molecule has 1 nitrogen and oxygen atoms in total. The number of hydrogen-bond acceptors (Lipinski definition) is 1. The van der Waals surface area contributed by atoms with Crippen molar-refractivity contribution in [2.75, 3.05) is 0 Å². The van der Waals surface area contributed by atoms with E-state index in [-0.39, 0.29) is 5.82 Å². The number of hydrogen-bond donors (Lipinski definition) is 0. The van der Waals surface area contributed by atoms with Gasteiger partial charge in [-0.15, -0.1) is 0 Å². The molecule has 3 heteroatoms. The number of likely N-dealkylation sites (tertiary alicyclic amines) is 1. The zero-order valence-electron chi connectivity index (χ0n) is 10.4. The first-order valence-electron chi connectivity index (χ1n) is 6.27. The van der Waals surface area contributed by atoms with Gasteiger partial charge in [-0.1, -0.05) is 22.4 Å². The van der Waals surface area contributed by atoms with Gasteiger partial charge in [-0.05, 0) is 50.5 Å². The van der Waals surface area contributed by atoms with Gasteiger partial charge in [0.1, 0.15) is 5.82 Å². The summed E-state index contributed by atoms with van der Waals surface area (Å²) in [7, 11) is 0. The Balaban J connectivity index is 2.13. The molecule has 0 spiro atoms. The Morgan fingerprint density at radius 3 is 2.47 bits per heavy atom. The highest BCUT2D eigenvalue weighted by Gasteiger charge is 2.24. The Morgan fingerprint density at radius 1 is 1.24 bits per heavy atom. The van der Waals surface area contributed by atoms with E-state index >= 15 is 0 Å². The zero-order valence-corrected chi connectivity index (χ0v) is 12.0. The van der Waals surface area contributed by atoms with Gasteiger partial charge in [0.2, 0.25) is 0 Å². The second kappa shape index (κ2) is 5.49. The van der Waals surface area contributed by atoms with Crippen molar-refractivity contribution in [2.24, 2.45) is 0 Å². The molecule has 0 radical (unpaired) electrons. The molecule has 0 saturated carbocycles. The number of nitrogens with zero attached hydrogens (tertiary/aromatic N) is 1. The highest BCUT2D eigenvalue weighted by atomic mass is 79.9. The highest BCUT2D eigenvalue weighted by molar-refractivity contribution is 9.10. The van der Waals surface area contributed by atoms with Crippen molar-refractivity contribution in [3.05, 3.63) is 34.1 Å². The Bertz CT molecular complexity index is 364. The molecule has 1 aromatic carbocycles. The van der Waals surface area contributed by atoms with Crippen molar-refractivity contribution >= 4 is 15.9 Å². The quantitative estimate of drug-likeness (QED) is 0.785. The van der Waals surface area contributed by atoms with Gasteiger partial charge in [-0.25, -0.2) is 4.39 Å². The smallest absolute Gasteiger partial charge is 0.124 e. The summed E-state index contributed by atoms with van der Waals surface area (Å²) in [5.41, 5.74) is 1.05. The fourth-order valence-electron chi connectivity index (χ4n) is 2.70. The van der Waals surface area contributed by atoms with E-state index in [2.05, 4.69) is 34.7 Å². The Hall–Kier alpha value is -0.410. The van der Waals surface area contributed by atoms with Crippen LogP contribution in [0.4, 0.5) is 4.39 Å². The lowest BCUT2D eigenvalue weighted by molar-refractivity contribution is 0.0951. The third-order valence-corrected chi connectivity index (χ3v) is 4.12. The molecule has 2 rings (SSSR count). The summed E-state index contributed by atoms with van der Waals surface area (Å²) in [5.74, 6) is -0.160. The first-order valence-corrected chi connectivity index (χ1v) is 7.06. The predicted octanol–water partition coefficient (Wildman–Crippen LogP) is 4.35. The number of rotatable bonds is 2. The fraction of sp³-hybridized carbons (Fsp3) is 0.571. The van der Waals surface area contributed by atoms with Crippen LogP contribution in [0.1, 0.15) is 38.7 Å². The van der Waals surface area contributed by atoms with E-state index in [1.807, 2.05) is 6.07 Å². The summed E-state index contributed by atoms with van der Waals surface area (Å²) in [4.78, 5) is 2.48. The van der Waals surface area contributed by atoms with E-state index in [1.54, 1.807) is 6.07 Å². The molecule has 0 aliphatic carbocycles. The van der Waals surface area contributed by atoms with E-state index < -0.39 is 0 Å². The van der Waals surface area contributed by atoms with Gasteiger partial charge in [0.25, 0.3) is 0 Å². The lowest BCUT2D eigenvalue weighted by Crippen LogP contribution is -2.42. The third kappa shape index (κ3) is 3.29. The molecular formula is C14H19BrFN. The normalized spacial score (nSPS) is 26.1. The Labute approximate surface area is 111 Å². The van der Waals surface area contributed by atoms with Crippen molar-refractivity contribution in [3.8, 4) is 0 Å². The lowest BCUT2D eigenvalue weighted by Gasteiger charge is -2.39. The largest absolute Gasteiger partial charge is 0.294 e. The molecular weight excluding hydrogens is 281 g/mol. The van der Waals surface area contributed by atoms with Crippen LogP contribution in [0.5, 0.6) is 0 Å². The van der Waals surface area contributed by atoms with Crippen molar-refractivity contribution < 1.29 is 4.39 Å². The lowest BCUT2D eigenvalue weighted by atomic mass is 9.97. The van der Waals surface area contributed by atoms with Crippen LogP contribution in [0.3, 0.4) is 0 Å². The minimum Gasteiger partial charge on any atom is -0.294 e. The standard InChI is InChI=1S/C14H19BrFN/c1-10-4-3-5-11(2)17(10)9-12-6-13(15)8-14(16)7-12/h6-8,10-11H,3-5,9H2,1-2H3. The van der Waals surface area contributed by atoms with E-state index in [4.69, 9.17) is 0 Å². The van der Waals surface area contributed by atoms with Crippen molar-refractivity contribution in [2.45, 2.75) is 51.7 Å². The molecule has 0 amide bonds. The summed E-state index contributed by atoms with van der Waals surface area (Å²) < 4.78 is 14.2. The van der Waals surface area contributed by atoms with Gasteiger partial charge >= 0.3 is 0 Å². The summed E-state index contributed by atoms with van der Waals surface area (Å²) in [6.45, 7) is 5.38. The molecule has 17 heavy (non-hydrogen) atoms. The molecule has 1 aliphatic heterocycles. The molecule has 2 atom stereocenters. The van der Waals surface area contributed by atoms with Gasteiger partial charge in [-0.3, -0.25) is 4.90 Å². The van der Waals surface area contributed by atoms with Crippen LogP contribution >= 0.6 is 15.9 Å². The molecule has 0 aromatic heterocycles. The zero-order chi connectivity index (χ0) is 12.4. The van der Waals surface area contributed by atoms with Gasteiger partial charge in [0.15, 0.2) is 0 Å². The van der Waals surface area contributed by atoms with Crippen LogP contribution in [0.25, 0.3) is 0 Å². The molecule has 94 valence electrons. The average molecular weight is 300 g/mol. The first-order chi connectivity index (χ1) is 8.06. The van der Waals surface area contributed by atoms with Gasteiger partial charge < -0.3 is 0 Å². The van der Waals surface area contributed by atoms with Crippen LogP contribution in [0.2, 0.25) is 0 Å². The third-order valence-electron chi connectivity index (χ3n) is 3.66. The molecule has 2 unspecified atom stereocenters. The van der Waals surface area contributed by atoms with E-state index in [0.29, 0.717) is 12.1 Å². The molecule has 1 aliphatic rings. The van der Waals surface area contributed by atoms with Crippen LogP contribution in [0.15, 0.2) is 22.7 Å². The van der Waals surface area contributed by atoms with Gasteiger partial charge in [0.05, 0.1) is 0 Å². The van der Waals surface area contributed by atoms with Gasteiger partial charge in [0, 0.05) is 23.1 Å². The molecule has 1 aromatic rings. The molecule has 1 saturated heterocycles. The average Bonchev–Trinajstić information content (AvgIpc) is 2.22. The summed E-state index contributed by atoms with van der Waals surface area (Å²) in [6, 6.07) is 6.35.